The zero-order valence-electron chi connectivity index (χ0n) is 16.6. The summed E-state index contributed by atoms with van der Waals surface area (Å²) in [4.78, 5) is 31.1. The number of ether oxygens (including phenoxy) is 2. The van der Waals surface area contributed by atoms with E-state index in [4.69, 9.17) is 10.5 Å². The molecule has 1 fully saturated rings. The Labute approximate surface area is 176 Å². The van der Waals surface area contributed by atoms with Gasteiger partial charge in [0.15, 0.2) is 5.75 Å². The number of nitrogens with two attached hydrogens (primary N) is 1. The zero-order chi connectivity index (χ0) is 22.6. The number of pyridine rings is 1. The number of nitrogens with zero attached hydrogens (tertiary/aromatic N) is 3. The summed E-state index contributed by atoms with van der Waals surface area (Å²) in [5, 5.41) is 0. The number of benzene rings is 1. The number of hydrogen-bond acceptors (Lipinski definition) is 6. The van der Waals surface area contributed by atoms with Gasteiger partial charge in [-0.3, -0.25) is 14.7 Å². The lowest BCUT2D eigenvalue weighted by atomic mass is 10.1. The Morgan fingerprint density at radius 2 is 1.97 bits per heavy atom. The minimum Gasteiger partial charge on any atom is -0.409 e. The van der Waals surface area contributed by atoms with Gasteiger partial charge in [0.1, 0.15) is 5.75 Å². The van der Waals surface area contributed by atoms with Crippen LogP contribution in [0.3, 0.4) is 0 Å². The molecule has 0 radical (unpaired) electrons. The van der Waals surface area contributed by atoms with Crippen LogP contribution in [0.25, 0.3) is 0 Å². The summed E-state index contributed by atoms with van der Waals surface area (Å²) < 4.78 is 46.5. The van der Waals surface area contributed by atoms with Gasteiger partial charge in [-0.05, 0) is 30.7 Å². The molecule has 11 heteroatoms. The number of piperazine rings is 1. The minimum atomic E-state index is -4.74. The topological polar surface area (TPSA) is 98.0 Å². The van der Waals surface area contributed by atoms with E-state index in [9.17, 15) is 22.8 Å². The van der Waals surface area contributed by atoms with Gasteiger partial charge in [0.2, 0.25) is 5.91 Å². The van der Waals surface area contributed by atoms with Crippen molar-refractivity contribution in [1.29, 1.82) is 0 Å². The minimum absolute atomic E-state index is 0.109. The second-order valence-electron chi connectivity index (χ2n) is 7.11. The van der Waals surface area contributed by atoms with Crippen molar-refractivity contribution in [1.82, 2.24) is 14.8 Å². The molecule has 31 heavy (non-hydrogen) atoms. The molecule has 2 aromatic rings. The molecule has 166 valence electrons. The monoisotopic (exact) mass is 438 g/mol. The van der Waals surface area contributed by atoms with Crippen LogP contribution in [0.4, 0.5) is 18.0 Å². The van der Waals surface area contributed by atoms with E-state index < -0.39 is 18.4 Å². The molecule has 2 heterocycles. The van der Waals surface area contributed by atoms with Crippen LogP contribution in [0, 0.1) is 0 Å². The van der Waals surface area contributed by atoms with E-state index >= 15 is 0 Å². The fourth-order valence-electron chi connectivity index (χ4n) is 3.32. The Morgan fingerprint density at radius 3 is 2.65 bits per heavy atom. The zero-order valence-corrected chi connectivity index (χ0v) is 16.6. The van der Waals surface area contributed by atoms with Crippen LogP contribution in [0.15, 0.2) is 42.7 Å². The fourth-order valence-corrected chi connectivity index (χ4v) is 3.32. The number of aromatic nitrogens is 1. The molecule has 0 saturated carbocycles. The van der Waals surface area contributed by atoms with E-state index in [0.717, 1.165) is 0 Å². The van der Waals surface area contributed by atoms with Gasteiger partial charge in [-0.15, -0.1) is 13.2 Å². The van der Waals surface area contributed by atoms with Gasteiger partial charge < -0.3 is 20.1 Å². The number of rotatable bonds is 5. The van der Waals surface area contributed by atoms with Gasteiger partial charge in [-0.2, -0.15) is 0 Å². The number of carbonyl (C=O) groups is 2. The summed E-state index contributed by atoms with van der Waals surface area (Å²) >= 11 is 0. The van der Waals surface area contributed by atoms with Gasteiger partial charge in [0.05, 0.1) is 11.8 Å². The highest BCUT2D eigenvalue weighted by Gasteiger charge is 2.32. The number of primary amides is 1. The van der Waals surface area contributed by atoms with Crippen LogP contribution in [0.1, 0.15) is 22.8 Å². The normalized spacial score (nSPS) is 17.3. The third kappa shape index (κ3) is 6.32. The first-order valence-electron chi connectivity index (χ1n) is 9.41. The van der Waals surface area contributed by atoms with Crippen LogP contribution in [-0.4, -0.2) is 58.8 Å². The molecule has 1 saturated heterocycles. The summed E-state index contributed by atoms with van der Waals surface area (Å²) in [7, 11) is 0. The van der Waals surface area contributed by atoms with Gasteiger partial charge in [0, 0.05) is 38.4 Å². The summed E-state index contributed by atoms with van der Waals surface area (Å²) in [5.41, 5.74) is 5.99. The molecule has 1 unspecified atom stereocenters. The van der Waals surface area contributed by atoms with Crippen LogP contribution < -0.4 is 15.2 Å². The van der Waals surface area contributed by atoms with Crippen molar-refractivity contribution in [2.45, 2.75) is 25.9 Å². The average Bonchev–Trinajstić information content (AvgIpc) is 2.67. The summed E-state index contributed by atoms with van der Waals surface area (Å²) in [6, 6.07) is 6.94. The lowest BCUT2D eigenvalue weighted by Crippen LogP contribution is -2.54. The maximum atomic E-state index is 12.5. The molecule has 1 aliphatic rings. The Morgan fingerprint density at radius 1 is 1.19 bits per heavy atom. The molecule has 0 spiro atoms. The fraction of sp³-hybridized carbons (Fsp3) is 0.350. The van der Waals surface area contributed by atoms with E-state index in [1.165, 1.54) is 41.6 Å². The Hall–Kier alpha value is -3.34. The predicted molar refractivity (Wildman–Crippen MR) is 103 cm³/mol. The highest BCUT2D eigenvalue weighted by atomic mass is 19.4. The van der Waals surface area contributed by atoms with E-state index in [0.29, 0.717) is 31.7 Å². The number of amides is 2. The molecule has 0 aliphatic carbocycles. The highest BCUT2D eigenvalue weighted by Crippen LogP contribution is 2.24. The summed E-state index contributed by atoms with van der Waals surface area (Å²) in [6.07, 6.45) is -2.75. The van der Waals surface area contributed by atoms with Crippen molar-refractivity contribution in [3.05, 3.63) is 53.9 Å². The second kappa shape index (κ2) is 9.21. The molecule has 3 rings (SSSR count). The smallest absolute Gasteiger partial charge is 0.409 e. The summed E-state index contributed by atoms with van der Waals surface area (Å²) in [6.45, 7) is 3.62. The maximum absolute atomic E-state index is 12.5. The van der Waals surface area contributed by atoms with Crippen molar-refractivity contribution in [2.75, 3.05) is 19.6 Å². The molecular formula is C20H21F3N4O4. The molecule has 1 aliphatic heterocycles. The quantitative estimate of drug-likeness (QED) is 0.771. The van der Waals surface area contributed by atoms with Crippen molar-refractivity contribution in [3.8, 4) is 11.5 Å². The van der Waals surface area contributed by atoms with Crippen molar-refractivity contribution in [3.63, 3.8) is 0 Å². The number of halogens is 3. The molecule has 8 nitrogen and oxygen atoms in total. The molecule has 1 atom stereocenters. The molecule has 1 aromatic heterocycles. The standard InChI is InChI=1S/C20H21F3N4O4/c1-13-11-26(12-14-3-2-4-16(7-14)31-20(21,22)23)5-6-27(13)19(29)30-17-8-15(18(24)28)9-25-10-17/h2-4,7-10,13H,5-6,11-12H2,1H3,(H2,24,28). The van der Waals surface area contributed by atoms with Crippen molar-refractivity contribution < 1.29 is 32.2 Å². The van der Waals surface area contributed by atoms with Gasteiger partial charge in [0.25, 0.3) is 0 Å². The Kier molecular flexibility index (Phi) is 6.64. The third-order valence-electron chi connectivity index (χ3n) is 4.69. The van der Waals surface area contributed by atoms with Gasteiger partial charge >= 0.3 is 12.5 Å². The molecule has 0 bridgehead atoms. The Bertz CT molecular complexity index is 954. The van der Waals surface area contributed by atoms with Crippen molar-refractivity contribution in [2.24, 2.45) is 5.73 Å². The molecule has 1 aromatic carbocycles. The average molecular weight is 438 g/mol. The largest absolute Gasteiger partial charge is 0.573 e. The maximum Gasteiger partial charge on any atom is 0.573 e. The van der Waals surface area contributed by atoms with Crippen LogP contribution in [-0.2, 0) is 6.54 Å². The molecular weight excluding hydrogens is 417 g/mol. The first kappa shape index (κ1) is 22.3. The van der Waals surface area contributed by atoms with Crippen LogP contribution in [0.2, 0.25) is 0 Å². The van der Waals surface area contributed by atoms with Gasteiger partial charge in [-0.25, -0.2) is 4.79 Å². The van der Waals surface area contributed by atoms with Crippen LogP contribution >= 0.6 is 0 Å². The number of carbonyl (C=O) groups excluding carboxylic acids is 2. The molecule has 2 N–H and O–H groups in total. The van der Waals surface area contributed by atoms with E-state index in [1.807, 2.05) is 11.8 Å². The summed E-state index contributed by atoms with van der Waals surface area (Å²) in [5.74, 6) is -0.846. The second-order valence-corrected chi connectivity index (χ2v) is 7.11. The van der Waals surface area contributed by atoms with Crippen molar-refractivity contribution >= 4 is 12.0 Å². The third-order valence-corrected chi connectivity index (χ3v) is 4.69. The molecule has 2 amide bonds. The number of hydrogen-bond donors (Lipinski definition) is 1. The lowest BCUT2D eigenvalue weighted by molar-refractivity contribution is -0.274. The van der Waals surface area contributed by atoms with Gasteiger partial charge in [-0.1, -0.05) is 12.1 Å². The van der Waals surface area contributed by atoms with E-state index in [-0.39, 0.29) is 23.1 Å². The highest BCUT2D eigenvalue weighted by molar-refractivity contribution is 5.92. The first-order valence-corrected chi connectivity index (χ1v) is 9.41. The first-order chi connectivity index (χ1) is 14.6. The predicted octanol–water partition coefficient (Wildman–Crippen LogP) is 2.78. The van der Waals surface area contributed by atoms with E-state index in [1.54, 1.807) is 6.07 Å². The Balaban J connectivity index is 1.57. The van der Waals surface area contributed by atoms with Crippen LogP contribution in [0.5, 0.6) is 11.5 Å². The number of alkyl halides is 3. The lowest BCUT2D eigenvalue weighted by Gasteiger charge is -2.39. The van der Waals surface area contributed by atoms with E-state index in [2.05, 4.69) is 9.72 Å². The SMILES string of the molecule is CC1CN(Cc2cccc(OC(F)(F)F)c2)CCN1C(=O)Oc1cncc(C(N)=O)c1.